The summed E-state index contributed by atoms with van der Waals surface area (Å²) in [4.78, 5) is 10.2. The molecule has 0 aliphatic rings. The standard InChI is InChI=1S/C6H7Cl2N3/c1-3(2)4-9-5(7)11-6(8)10-4/h3H,1-2H3/i1D3,2D3,3D. The Balaban J connectivity index is 3.55. The topological polar surface area (TPSA) is 38.7 Å². The van der Waals surface area contributed by atoms with Crippen LogP contribution in [0.15, 0.2) is 0 Å². The fourth-order valence-electron chi connectivity index (χ4n) is 0.438. The molecule has 1 aromatic rings. The van der Waals surface area contributed by atoms with E-state index in [1.807, 2.05) is 0 Å². The second kappa shape index (κ2) is 3.32. The molecule has 1 aromatic heterocycles. The molecule has 11 heavy (non-hydrogen) atoms. The number of halogens is 2. The maximum atomic E-state index is 7.76. The first-order valence-corrected chi connectivity index (χ1v) is 3.23. The Labute approximate surface area is 84.6 Å². The van der Waals surface area contributed by atoms with Gasteiger partial charge in [-0.1, -0.05) is 13.7 Å². The van der Waals surface area contributed by atoms with Crippen LogP contribution in [-0.4, -0.2) is 15.0 Å². The van der Waals surface area contributed by atoms with Crippen LogP contribution >= 0.6 is 23.2 Å². The lowest BCUT2D eigenvalue weighted by Crippen LogP contribution is -1.99. The van der Waals surface area contributed by atoms with Gasteiger partial charge < -0.3 is 0 Å². The smallest absolute Gasteiger partial charge is 0.202 e. The minimum atomic E-state index is -3.19. The van der Waals surface area contributed by atoms with Crippen molar-refractivity contribution in [2.45, 2.75) is 19.6 Å². The van der Waals surface area contributed by atoms with Gasteiger partial charge in [-0.25, -0.2) is 9.97 Å². The summed E-state index contributed by atoms with van der Waals surface area (Å²) in [6, 6.07) is 0. The van der Waals surface area contributed by atoms with Gasteiger partial charge in [-0.3, -0.25) is 0 Å². The molecule has 0 saturated carbocycles. The predicted octanol–water partition coefficient (Wildman–Crippen LogP) is 2.30. The second-order valence-electron chi connectivity index (χ2n) is 1.57. The molecule has 0 spiro atoms. The number of hydrogen-bond donors (Lipinski definition) is 0. The van der Waals surface area contributed by atoms with Crippen LogP contribution in [0.3, 0.4) is 0 Å². The molecule has 0 aliphatic carbocycles. The van der Waals surface area contributed by atoms with Crippen molar-refractivity contribution < 1.29 is 9.60 Å². The molecule has 1 rings (SSSR count). The molecule has 0 fully saturated rings. The van der Waals surface area contributed by atoms with E-state index in [-0.39, 0.29) is 0 Å². The largest absolute Gasteiger partial charge is 0.226 e. The van der Waals surface area contributed by atoms with Gasteiger partial charge in [-0.05, 0) is 23.2 Å². The number of hydrogen-bond acceptors (Lipinski definition) is 3. The third-order valence-electron chi connectivity index (χ3n) is 0.804. The van der Waals surface area contributed by atoms with Crippen molar-refractivity contribution in [1.29, 1.82) is 0 Å². The molecule has 0 N–H and O–H groups in total. The summed E-state index contributed by atoms with van der Waals surface area (Å²) in [5, 5.41) is -0.953. The molecule has 0 aromatic carbocycles. The van der Waals surface area contributed by atoms with E-state index in [0.717, 1.165) is 0 Å². The SMILES string of the molecule is [2H]C([2H])([2H])C([2H])(c1nc(Cl)nc(Cl)n1)C([2H])([2H])[2H]. The molecular formula is C6H7Cl2N3. The van der Waals surface area contributed by atoms with Crippen molar-refractivity contribution in [3.63, 3.8) is 0 Å². The summed E-state index contributed by atoms with van der Waals surface area (Å²) >= 11 is 10.9. The summed E-state index contributed by atoms with van der Waals surface area (Å²) in [7, 11) is 0. The fourth-order valence-corrected chi connectivity index (χ4v) is 0.801. The maximum absolute atomic E-state index is 7.76. The second-order valence-corrected chi connectivity index (χ2v) is 2.25. The molecule has 0 radical (unpaired) electrons. The fraction of sp³-hybridized carbons (Fsp3) is 0.500. The summed E-state index contributed by atoms with van der Waals surface area (Å²) < 4.78 is 51.1. The van der Waals surface area contributed by atoms with Crippen LogP contribution in [0.5, 0.6) is 0 Å². The van der Waals surface area contributed by atoms with Crippen molar-refractivity contribution in [2.24, 2.45) is 0 Å². The molecule has 0 aliphatic heterocycles. The Morgan fingerprint density at radius 1 is 1.27 bits per heavy atom. The molecule has 0 saturated heterocycles. The molecule has 60 valence electrons. The summed E-state index contributed by atoms with van der Waals surface area (Å²) in [5.74, 6) is -3.84. The molecule has 0 bridgehead atoms. The lowest BCUT2D eigenvalue weighted by atomic mass is 10.2. The van der Waals surface area contributed by atoms with Crippen LogP contribution < -0.4 is 0 Å². The van der Waals surface area contributed by atoms with E-state index in [1.54, 1.807) is 0 Å². The van der Waals surface area contributed by atoms with Crippen LogP contribution in [-0.2, 0) is 0 Å². The Bertz CT molecular complexity index is 423. The van der Waals surface area contributed by atoms with Crippen molar-refractivity contribution in [3.05, 3.63) is 16.4 Å². The van der Waals surface area contributed by atoms with Crippen LogP contribution in [0.1, 0.15) is 35.0 Å². The van der Waals surface area contributed by atoms with Crippen molar-refractivity contribution in [1.82, 2.24) is 15.0 Å². The Morgan fingerprint density at radius 2 is 1.82 bits per heavy atom. The van der Waals surface area contributed by atoms with E-state index in [4.69, 9.17) is 32.8 Å². The highest BCUT2D eigenvalue weighted by atomic mass is 35.5. The number of aromatic nitrogens is 3. The average Bonchev–Trinajstić information content (AvgIpc) is 2.11. The third kappa shape index (κ3) is 2.27. The van der Waals surface area contributed by atoms with Gasteiger partial charge in [0.15, 0.2) is 0 Å². The number of nitrogens with zero attached hydrogens (tertiary/aromatic N) is 3. The van der Waals surface area contributed by atoms with Gasteiger partial charge in [0.1, 0.15) is 5.82 Å². The first-order chi connectivity index (χ1) is 7.89. The van der Waals surface area contributed by atoms with Crippen molar-refractivity contribution in [2.75, 3.05) is 0 Å². The predicted molar refractivity (Wildman–Crippen MR) is 43.9 cm³/mol. The van der Waals surface area contributed by atoms with Gasteiger partial charge in [0.05, 0.1) is 0 Å². The van der Waals surface area contributed by atoms with Gasteiger partial charge in [0.2, 0.25) is 10.6 Å². The van der Waals surface area contributed by atoms with Gasteiger partial charge in [-0.15, -0.1) is 0 Å². The molecule has 0 atom stereocenters. The average molecular weight is 199 g/mol. The Morgan fingerprint density at radius 3 is 2.27 bits per heavy atom. The zero-order valence-corrected chi connectivity index (χ0v) is 6.61. The monoisotopic (exact) mass is 198 g/mol. The maximum Gasteiger partial charge on any atom is 0.226 e. The molecule has 5 heteroatoms. The van der Waals surface area contributed by atoms with Crippen molar-refractivity contribution in [3.8, 4) is 0 Å². The first-order valence-electron chi connectivity index (χ1n) is 5.97. The zero-order valence-electron chi connectivity index (χ0n) is 12.1. The van der Waals surface area contributed by atoms with Gasteiger partial charge in [0.25, 0.3) is 0 Å². The van der Waals surface area contributed by atoms with Crippen LogP contribution in [0.25, 0.3) is 0 Å². The van der Waals surface area contributed by atoms with E-state index in [0.29, 0.717) is 0 Å². The minimum absolute atomic E-state index is 0.477. The lowest BCUT2D eigenvalue weighted by molar-refractivity contribution is 0.760. The minimum Gasteiger partial charge on any atom is -0.202 e. The van der Waals surface area contributed by atoms with Crippen molar-refractivity contribution >= 4 is 23.2 Å². The van der Waals surface area contributed by atoms with E-state index in [9.17, 15) is 0 Å². The molecule has 3 nitrogen and oxygen atoms in total. The normalized spacial score (nSPS) is 23.3. The quantitative estimate of drug-likeness (QED) is 0.696. The van der Waals surface area contributed by atoms with Crippen LogP contribution in [0, 0.1) is 0 Å². The third-order valence-corrected chi connectivity index (χ3v) is 1.14. The van der Waals surface area contributed by atoms with Crippen LogP contribution in [0.4, 0.5) is 0 Å². The summed E-state index contributed by atoms with van der Waals surface area (Å²) in [6.45, 7) is -6.38. The zero-order chi connectivity index (χ0) is 14.4. The summed E-state index contributed by atoms with van der Waals surface area (Å²) in [5.41, 5.74) is 0. The van der Waals surface area contributed by atoms with E-state index in [2.05, 4.69) is 15.0 Å². The first kappa shape index (κ1) is 3.15. The van der Waals surface area contributed by atoms with Crippen LogP contribution in [0.2, 0.25) is 10.6 Å². The van der Waals surface area contributed by atoms with E-state index in [1.165, 1.54) is 0 Å². The van der Waals surface area contributed by atoms with E-state index < -0.39 is 36.0 Å². The highest BCUT2D eigenvalue weighted by molar-refractivity contribution is 6.30. The highest BCUT2D eigenvalue weighted by Crippen LogP contribution is 2.13. The van der Waals surface area contributed by atoms with E-state index >= 15 is 0 Å². The summed E-state index contributed by atoms with van der Waals surface area (Å²) in [6.07, 6.45) is 0. The molecule has 0 unspecified atom stereocenters. The lowest BCUT2D eigenvalue weighted by Gasteiger charge is -2.01. The van der Waals surface area contributed by atoms with Gasteiger partial charge >= 0.3 is 0 Å². The number of rotatable bonds is 1. The Hall–Kier alpha value is -0.410. The molecule has 1 heterocycles. The van der Waals surface area contributed by atoms with Gasteiger partial charge in [0, 0.05) is 15.5 Å². The molecule has 0 amide bonds. The Kier molecular flexibility index (Phi) is 0.951. The van der Waals surface area contributed by atoms with Gasteiger partial charge in [-0.2, -0.15) is 4.98 Å². The molecular weight excluding hydrogens is 185 g/mol. The highest BCUT2D eigenvalue weighted by Gasteiger charge is 2.05.